The molecule has 1 N–H and O–H groups in total. The second kappa shape index (κ2) is 8.03. The molecule has 2 aromatic carbocycles. The van der Waals surface area contributed by atoms with Gasteiger partial charge < -0.3 is 4.55 Å². The van der Waals surface area contributed by atoms with Crippen molar-refractivity contribution in [2.45, 2.75) is 41.7 Å². The minimum Gasteiger partial charge on any atom is -0.598 e. The van der Waals surface area contributed by atoms with E-state index < -0.39 is 33.2 Å². The van der Waals surface area contributed by atoms with Crippen LogP contribution in [0.25, 0.3) is 0 Å². The molecule has 2 aromatic rings. The summed E-state index contributed by atoms with van der Waals surface area (Å²) in [5.41, 5.74) is 0.0473. The molecule has 136 valence electrons. The van der Waals surface area contributed by atoms with Gasteiger partial charge in [0.05, 0.1) is 0 Å². The van der Waals surface area contributed by atoms with E-state index in [1.54, 1.807) is 51.1 Å². The van der Waals surface area contributed by atoms with E-state index >= 15 is 0 Å². The van der Waals surface area contributed by atoms with Crippen molar-refractivity contribution in [3.05, 3.63) is 66.0 Å². The van der Waals surface area contributed by atoms with E-state index in [4.69, 9.17) is 0 Å². The fraction of sp³-hybridized carbons (Fsp3) is 0.333. The highest BCUT2D eigenvalue weighted by atomic mass is 32.2. The lowest BCUT2D eigenvalue weighted by molar-refractivity contribution is 0.0677. The standard InChI is InChI=1S/C18H20F3NOS2/c1-17(2,3)25(23)22-16(13-8-7-9-14(19)12-13)18(20,21)24-15-10-5-4-6-11-15/h4-12,16,22H,1-3H3/t16-,25+/m0/s1. The van der Waals surface area contributed by atoms with Crippen molar-refractivity contribution in [3.8, 4) is 0 Å². The van der Waals surface area contributed by atoms with Gasteiger partial charge >= 0.3 is 5.25 Å². The topological polar surface area (TPSA) is 35.1 Å². The first-order valence-electron chi connectivity index (χ1n) is 7.65. The van der Waals surface area contributed by atoms with E-state index in [-0.39, 0.29) is 5.56 Å². The monoisotopic (exact) mass is 387 g/mol. The minimum atomic E-state index is -3.34. The highest BCUT2D eigenvalue weighted by molar-refractivity contribution is 8.00. The molecule has 0 radical (unpaired) electrons. The quantitative estimate of drug-likeness (QED) is 0.539. The van der Waals surface area contributed by atoms with E-state index in [1.165, 1.54) is 18.2 Å². The molecular weight excluding hydrogens is 367 g/mol. The Labute approximate surface area is 153 Å². The number of thioether (sulfide) groups is 1. The van der Waals surface area contributed by atoms with Crippen LogP contribution >= 0.6 is 11.8 Å². The molecule has 2 rings (SSSR count). The zero-order valence-electron chi connectivity index (χ0n) is 14.1. The van der Waals surface area contributed by atoms with Gasteiger partial charge in [0, 0.05) is 16.3 Å². The molecule has 2 atom stereocenters. The largest absolute Gasteiger partial charge is 0.598 e. The first kappa shape index (κ1) is 20.2. The molecule has 0 aromatic heterocycles. The highest BCUT2D eigenvalue weighted by Gasteiger charge is 2.46. The Bertz CT molecular complexity index is 692. The molecule has 0 fully saturated rings. The van der Waals surface area contributed by atoms with E-state index in [0.29, 0.717) is 16.7 Å². The summed E-state index contributed by atoms with van der Waals surface area (Å²) in [4.78, 5) is 0.372. The Kier molecular flexibility index (Phi) is 6.48. The first-order chi connectivity index (χ1) is 11.6. The molecule has 0 aliphatic carbocycles. The second-order valence-electron chi connectivity index (χ2n) is 6.46. The smallest absolute Gasteiger partial charge is 0.321 e. The van der Waals surface area contributed by atoms with Gasteiger partial charge in [-0.2, -0.15) is 8.78 Å². The van der Waals surface area contributed by atoms with Crippen LogP contribution in [0.4, 0.5) is 13.2 Å². The summed E-state index contributed by atoms with van der Waals surface area (Å²) in [6.07, 6.45) is 0. The lowest BCUT2D eigenvalue weighted by atomic mass is 10.1. The summed E-state index contributed by atoms with van der Waals surface area (Å²) in [6.45, 7) is 5.05. The molecule has 0 aliphatic heterocycles. The Morgan fingerprint density at radius 3 is 2.24 bits per heavy atom. The van der Waals surface area contributed by atoms with Crippen molar-refractivity contribution in [1.82, 2.24) is 4.72 Å². The SMILES string of the molecule is CC(C)(C)[S@@+]([O-])N[C@@H](c1cccc(F)c1)C(F)(F)Sc1ccccc1. The summed E-state index contributed by atoms with van der Waals surface area (Å²) in [7, 11) is 0. The fourth-order valence-corrected chi connectivity index (χ4v) is 3.85. The molecule has 0 saturated heterocycles. The van der Waals surface area contributed by atoms with Crippen LogP contribution in [0.5, 0.6) is 0 Å². The van der Waals surface area contributed by atoms with Crippen LogP contribution in [0.1, 0.15) is 32.4 Å². The zero-order valence-corrected chi connectivity index (χ0v) is 15.8. The van der Waals surface area contributed by atoms with E-state index in [1.807, 2.05) is 0 Å². The summed E-state index contributed by atoms with van der Waals surface area (Å²) >= 11 is -1.39. The Morgan fingerprint density at radius 1 is 1.04 bits per heavy atom. The highest BCUT2D eigenvalue weighted by Crippen LogP contribution is 2.45. The molecule has 0 saturated carbocycles. The molecule has 2 nitrogen and oxygen atoms in total. The van der Waals surface area contributed by atoms with Gasteiger partial charge in [0.25, 0.3) is 0 Å². The molecule has 0 amide bonds. The predicted molar refractivity (Wildman–Crippen MR) is 97.4 cm³/mol. The summed E-state index contributed by atoms with van der Waals surface area (Å²) in [5, 5.41) is -3.34. The lowest BCUT2D eigenvalue weighted by Crippen LogP contribution is -2.46. The lowest BCUT2D eigenvalue weighted by Gasteiger charge is -2.32. The third-order valence-electron chi connectivity index (χ3n) is 3.30. The van der Waals surface area contributed by atoms with Gasteiger partial charge in [0.2, 0.25) is 0 Å². The number of benzene rings is 2. The predicted octanol–water partition coefficient (Wildman–Crippen LogP) is 5.30. The van der Waals surface area contributed by atoms with Crippen molar-refractivity contribution in [1.29, 1.82) is 0 Å². The maximum Gasteiger partial charge on any atom is 0.321 e. The van der Waals surface area contributed by atoms with Crippen molar-refractivity contribution in [3.63, 3.8) is 0 Å². The molecule has 0 unspecified atom stereocenters. The fourth-order valence-electron chi connectivity index (χ4n) is 2.01. The number of halogens is 3. The second-order valence-corrected chi connectivity index (χ2v) is 9.68. The van der Waals surface area contributed by atoms with Gasteiger partial charge in [0.15, 0.2) is 6.04 Å². The maximum atomic E-state index is 15.0. The van der Waals surface area contributed by atoms with Crippen molar-refractivity contribution in [2.75, 3.05) is 0 Å². The van der Waals surface area contributed by atoms with Crippen LogP contribution in [-0.2, 0) is 11.4 Å². The van der Waals surface area contributed by atoms with Crippen molar-refractivity contribution in [2.24, 2.45) is 0 Å². The maximum absolute atomic E-state index is 15.0. The molecule has 0 bridgehead atoms. The summed E-state index contributed by atoms with van der Waals surface area (Å²) in [6, 6.07) is 11.6. The number of alkyl halides is 2. The molecule has 0 heterocycles. The van der Waals surface area contributed by atoms with Crippen LogP contribution in [0.15, 0.2) is 59.5 Å². The summed E-state index contributed by atoms with van der Waals surface area (Å²) in [5.74, 6) is -0.619. The normalized spacial score (nSPS) is 15.0. The Balaban J connectivity index is 2.35. The van der Waals surface area contributed by atoms with Crippen molar-refractivity contribution < 1.29 is 17.7 Å². The number of rotatable bonds is 6. The number of hydrogen-bond donors (Lipinski definition) is 1. The van der Waals surface area contributed by atoms with Crippen LogP contribution in [0.2, 0.25) is 0 Å². The molecular formula is C18H20F3NOS2. The Hall–Kier alpha value is -1.15. The van der Waals surface area contributed by atoms with Crippen LogP contribution < -0.4 is 4.72 Å². The van der Waals surface area contributed by atoms with E-state index in [2.05, 4.69) is 4.72 Å². The minimum absolute atomic E-state index is 0.0473. The van der Waals surface area contributed by atoms with Gasteiger partial charge in [-0.1, -0.05) is 30.3 Å². The Morgan fingerprint density at radius 2 is 1.68 bits per heavy atom. The average Bonchev–Trinajstić information content (AvgIpc) is 2.51. The van der Waals surface area contributed by atoms with Crippen LogP contribution in [0, 0.1) is 5.82 Å². The first-order valence-corrected chi connectivity index (χ1v) is 9.61. The third kappa shape index (κ3) is 5.67. The van der Waals surface area contributed by atoms with Gasteiger partial charge in [-0.05, 0) is 62.4 Å². The molecule has 0 aliphatic rings. The van der Waals surface area contributed by atoms with Crippen LogP contribution in [0.3, 0.4) is 0 Å². The average molecular weight is 387 g/mol. The van der Waals surface area contributed by atoms with Gasteiger partial charge in [-0.25, -0.2) is 4.39 Å². The van der Waals surface area contributed by atoms with Crippen molar-refractivity contribution >= 4 is 23.1 Å². The van der Waals surface area contributed by atoms with Gasteiger partial charge in [-0.15, -0.1) is 4.72 Å². The van der Waals surface area contributed by atoms with Crippen LogP contribution in [-0.4, -0.2) is 14.6 Å². The molecule has 0 spiro atoms. The van der Waals surface area contributed by atoms with E-state index in [0.717, 1.165) is 6.07 Å². The number of hydrogen-bond acceptors (Lipinski definition) is 3. The third-order valence-corrected chi connectivity index (χ3v) is 5.87. The van der Waals surface area contributed by atoms with E-state index in [9.17, 15) is 17.7 Å². The zero-order chi connectivity index (χ0) is 18.7. The molecule has 25 heavy (non-hydrogen) atoms. The van der Waals surface area contributed by atoms with Gasteiger partial charge in [-0.3, -0.25) is 0 Å². The molecule has 7 heteroatoms. The number of nitrogens with one attached hydrogen (secondary N) is 1. The van der Waals surface area contributed by atoms with Gasteiger partial charge in [0.1, 0.15) is 10.6 Å². The summed E-state index contributed by atoms with van der Waals surface area (Å²) < 4.78 is 57.7.